The molecular formula is C23H26N8Na2O7S4. The molecule has 2 aliphatic rings. The molecule has 0 bridgehead atoms. The number of carboxylic acids is 2. The number of fused-ring (bicyclic) bond motifs is 1. The van der Waals surface area contributed by atoms with Crippen LogP contribution in [0.1, 0.15) is 21.3 Å². The molecule has 0 saturated carbocycles. The molecule has 2 amide bonds. The van der Waals surface area contributed by atoms with Gasteiger partial charge in [0.25, 0.3) is 0 Å². The fraction of sp³-hybridized carbons (Fsp3) is 0.391. The van der Waals surface area contributed by atoms with Crippen molar-refractivity contribution >= 4 is 135 Å². The number of carboxylic acid groups (broad SMARTS) is 2. The number of thioether (sulfide) groups is 3. The van der Waals surface area contributed by atoms with Crippen LogP contribution in [0.5, 0.6) is 0 Å². The number of thiazole rings is 1. The molecule has 4 heterocycles. The predicted molar refractivity (Wildman–Crippen MR) is 168 cm³/mol. The molecule has 15 nitrogen and oxygen atoms in total. The quantitative estimate of drug-likeness (QED) is 0.0886. The van der Waals surface area contributed by atoms with Gasteiger partial charge in [0.2, 0.25) is 17.0 Å². The number of anilines is 1. The molecule has 5 rings (SSSR count). The van der Waals surface area contributed by atoms with Gasteiger partial charge in [0.1, 0.15) is 22.1 Å². The maximum absolute atomic E-state index is 13.5. The number of hydrogen-bond donors (Lipinski definition) is 5. The number of rotatable bonds is 12. The van der Waals surface area contributed by atoms with Gasteiger partial charge in [0, 0.05) is 28.3 Å². The van der Waals surface area contributed by atoms with Crippen molar-refractivity contribution in [2.24, 2.45) is 5.41 Å². The summed E-state index contributed by atoms with van der Waals surface area (Å²) in [6.45, 7) is -0.0870. The first-order valence-corrected chi connectivity index (χ1v) is 16.1. The Kier molecular flexibility index (Phi) is 13.4. The molecule has 2 aliphatic heterocycles. The number of carbonyl (C=O) groups is 4. The van der Waals surface area contributed by atoms with Crippen LogP contribution in [0, 0.1) is 5.41 Å². The van der Waals surface area contributed by atoms with Crippen LogP contribution >= 0.6 is 46.6 Å². The zero-order valence-electron chi connectivity index (χ0n) is 21.5. The summed E-state index contributed by atoms with van der Waals surface area (Å²) in [4.78, 5) is 56.9. The van der Waals surface area contributed by atoms with Crippen LogP contribution in [0.3, 0.4) is 0 Å². The van der Waals surface area contributed by atoms with Crippen LogP contribution in [0.25, 0.3) is 0 Å². The zero-order chi connectivity index (χ0) is 30.0. The Labute approximate surface area is 311 Å². The zero-order valence-corrected chi connectivity index (χ0v) is 24.8. The number of carbonyl (C=O) groups excluding carboxylic acids is 2. The Morgan fingerprint density at radius 3 is 2.64 bits per heavy atom. The number of nitrogens with two attached hydrogens (primary N) is 1. The molecule has 3 unspecified atom stereocenters. The molecule has 0 aliphatic carbocycles. The third kappa shape index (κ3) is 7.76. The molecular weight excluding hydrogens is 675 g/mol. The number of hydrogen-bond acceptors (Lipinski definition) is 14. The molecule has 2 saturated heterocycles. The molecule has 0 radical (unpaired) electrons. The summed E-state index contributed by atoms with van der Waals surface area (Å²) in [5.41, 5.74) is 4.86. The van der Waals surface area contributed by atoms with Gasteiger partial charge in [-0.3, -0.25) is 14.4 Å². The Bertz CT molecular complexity index is 1530. The van der Waals surface area contributed by atoms with E-state index >= 15 is 0 Å². The van der Waals surface area contributed by atoms with Gasteiger partial charge in [-0.05, 0) is 22.6 Å². The van der Waals surface area contributed by atoms with Gasteiger partial charge >= 0.3 is 71.1 Å². The van der Waals surface area contributed by atoms with Crippen molar-refractivity contribution < 1.29 is 34.5 Å². The second kappa shape index (κ2) is 15.9. The monoisotopic (exact) mass is 700 g/mol. The second-order valence-corrected chi connectivity index (χ2v) is 13.4. The summed E-state index contributed by atoms with van der Waals surface area (Å²) >= 11 is 4.50. The van der Waals surface area contributed by atoms with Crippen molar-refractivity contribution in [2.75, 3.05) is 30.4 Å². The topological polar surface area (TPSA) is 227 Å². The number of β-lactam (4-membered cyclic amide) rings is 1. The molecule has 2 fully saturated rings. The van der Waals surface area contributed by atoms with Gasteiger partial charge < -0.3 is 31.3 Å². The number of aliphatic hydroxyl groups excluding tert-OH is 1. The number of benzene rings is 1. The Morgan fingerprint density at radius 1 is 1.23 bits per heavy atom. The first-order valence-electron chi connectivity index (χ1n) is 12.3. The Hall–Kier alpha value is -1.39. The normalized spacial score (nSPS) is 21.2. The van der Waals surface area contributed by atoms with Crippen molar-refractivity contribution in [3.63, 3.8) is 0 Å². The summed E-state index contributed by atoms with van der Waals surface area (Å²) in [5, 5.41) is 43.6. The van der Waals surface area contributed by atoms with Gasteiger partial charge in [-0.2, -0.15) is 0 Å². The summed E-state index contributed by atoms with van der Waals surface area (Å²) in [7, 11) is 0. The number of aliphatic hydroxyl groups is 1. The molecule has 226 valence electrons. The Balaban J connectivity index is 0.00000264. The van der Waals surface area contributed by atoms with Gasteiger partial charge in [-0.1, -0.05) is 23.9 Å². The van der Waals surface area contributed by atoms with Crippen molar-refractivity contribution in [1.82, 2.24) is 35.4 Å². The summed E-state index contributed by atoms with van der Waals surface area (Å²) in [5.74, 6) is -2.94. The average molecular weight is 701 g/mol. The van der Waals surface area contributed by atoms with E-state index in [1.807, 2.05) is 0 Å². The van der Waals surface area contributed by atoms with E-state index in [0.29, 0.717) is 15.7 Å². The van der Waals surface area contributed by atoms with E-state index in [1.54, 1.807) is 23.6 Å². The molecule has 44 heavy (non-hydrogen) atoms. The summed E-state index contributed by atoms with van der Waals surface area (Å²) < 4.78 is 1.37. The van der Waals surface area contributed by atoms with Crippen molar-refractivity contribution in [3.8, 4) is 0 Å². The molecule has 1 aromatic carbocycles. The molecule has 0 spiro atoms. The third-order valence-corrected chi connectivity index (χ3v) is 11.4. The first kappa shape index (κ1) is 37.1. The van der Waals surface area contributed by atoms with E-state index in [9.17, 15) is 34.5 Å². The van der Waals surface area contributed by atoms with Crippen LogP contribution < -0.4 is 11.1 Å². The fourth-order valence-corrected chi connectivity index (χ4v) is 8.96. The number of nitrogens with one attached hydrogen (secondary N) is 1. The van der Waals surface area contributed by atoms with E-state index in [4.69, 9.17) is 5.73 Å². The van der Waals surface area contributed by atoms with E-state index < -0.39 is 45.8 Å². The van der Waals surface area contributed by atoms with Crippen LogP contribution in [0.2, 0.25) is 0 Å². The average Bonchev–Trinajstić information content (AvgIpc) is 3.61. The van der Waals surface area contributed by atoms with Gasteiger partial charge in [-0.15, -0.1) is 40.0 Å². The minimum atomic E-state index is -1.29. The standard InChI is InChI=1S/C23H24N8O7S4.2Na.2H/c24-21-25-12(7-39-21)15(42-13-4-2-1-3-11(13)19(35)36)16(33)26-14-17(34)30-8-23(20(37)38,9-40-18(14)30)10-41-22-27-28-29-31(22)5-6-32;;;;/h1-4,7,14-15,18,32H,5-6,8-10H2,(H2,24,25)(H,26,33)(H,35,36)(H,37,38);;;;/t14?,15?,18-,23?;;;;/m1..../s1. The Morgan fingerprint density at radius 2 is 1.98 bits per heavy atom. The minimum absolute atomic E-state index is 0. The summed E-state index contributed by atoms with van der Waals surface area (Å²) in [6.07, 6.45) is 0. The van der Waals surface area contributed by atoms with E-state index in [0.717, 1.165) is 34.9 Å². The number of amides is 2. The van der Waals surface area contributed by atoms with Crippen LogP contribution in [0.4, 0.5) is 5.13 Å². The van der Waals surface area contributed by atoms with Crippen molar-refractivity contribution in [2.45, 2.75) is 33.3 Å². The number of aromatic nitrogens is 5. The molecule has 4 atom stereocenters. The predicted octanol–water partition coefficient (Wildman–Crippen LogP) is -0.798. The van der Waals surface area contributed by atoms with Crippen LogP contribution in [-0.4, -0.2) is 164 Å². The number of aromatic carboxylic acids is 1. The van der Waals surface area contributed by atoms with Crippen LogP contribution in [-0.2, 0) is 20.9 Å². The van der Waals surface area contributed by atoms with Crippen LogP contribution in [0.15, 0.2) is 39.7 Å². The van der Waals surface area contributed by atoms with Gasteiger partial charge in [0.05, 0.1) is 24.4 Å². The van der Waals surface area contributed by atoms with Crippen molar-refractivity contribution in [1.29, 1.82) is 0 Å². The first-order chi connectivity index (χ1) is 20.1. The SMILES string of the molecule is Nc1nc(C(Sc2ccccc2C(=O)O)C(=O)NC2C(=O)N3CC(CSc4nnnn4CCO)(C(=O)O)CS[C@H]23)cs1.[NaH].[NaH]. The summed E-state index contributed by atoms with van der Waals surface area (Å²) in [6, 6.07) is 5.36. The molecule has 3 aromatic rings. The maximum atomic E-state index is 13.5. The second-order valence-electron chi connectivity index (χ2n) is 9.35. The van der Waals surface area contributed by atoms with E-state index in [2.05, 4.69) is 25.8 Å². The van der Waals surface area contributed by atoms with E-state index in [1.165, 1.54) is 27.4 Å². The molecule has 6 N–H and O–H groups in total. The number of tetrazole rings is 1. The molecule has 2 aromatic heterocycles. The number of nitrogens with zero attached hydrogens (tertiary/aromatic N) is 6. The third-order valence-electron chi connectivity index (χ3n) is 6.59. The fourth-order valence-electron chi connectivity index (χ4n) is 4.41. The van der Waals surface area contributed by atoms with E-state index in [-0.39, 0.29) is 101 Å². The van der Waals surface area contributed by atoms with Crippen molar-refractivity contribution in [3.05, 3.63) is 40.9 Å². The molecule has 21 heteroatoms. The number of nitrogen functional groups attached to an aromatic ring is 1. The van der Waals surface area contributed by atoms with Gasteiger partial charge in [0.15, 0.2) is 5.13 Å². The number of aliphatic carboxylic acids is 1. The van der Waals surface area contributed by atoms with Gasteiger partial charge in [-0.25, -0.2) is 14.5 Å².